The summed E-state index contributed by atoms with van der Waals surface area (Å²) in [5, 5.41) is 27.0. The molecule has 0 fully saturated rings. The second-order valence-corrected chi connectivity index (χ2v) is 12.2. The van der Waals surface area contributed by atoms with E-state index in [-0.39, 0.29) is 24.7 Å². The molecule has 12 nitrogen and oxygen atoms in total. The van der Waals surface area contributed by atoms with Gasteiger partial charge < -0.3 is 30.1 Å². The van der Waals surface area contributed by atoms with Gasteiger partial charge in [-0.25, -0.2) is 0 Å². The summed E-state index contributed by atoms with van der Waals surface area (Å²) in [6.07, 6.45) is 7.35. The molecule has 0 spiro atoms. The second kappa shape index (κ2) is 13.2. The summed E-state index contributed by atoms with van der Waals surface area (Å²) >= 11 is 2.76. The number of benzene rings is 2. The Hall–Kier alpha value is -4.82. The van der Waals surface area contributed by atoms with Crippen LogP contribution >= 0.6 is 22.7 Å². The minimum absolute atomic E-state index is 0.155. The summed E-state index contributed by atoms with van der Waals surface area (Å²) in [6.45, 7) is 0. The Kier molecular flexibility index (Phi) is 8.79. The van der Waals surface area contributed by atoms with Crippen molar-refractivity contribution in [1.82, 2.24) is 30.4 Å². The molecule has 4 aromatic heterocycles. The van der Waals surface area contributed by atoms with Gasteiger partial charge in [0.1, 0.15) is 21.5 Å². The van der Waals surface area contributed by atoms with Crippen LogP contribution in [0.25, 0.3) is 21.8 Å². The maximum absolute atomic E-state index is 12.7. The number of aryl methyl sites for hydroxylation is 2. The summed E-state index contributed by atoms with van der Waals surface area (Å²) in [6, 6.07) is 11.5. The SMILES string of the molecule is COc1ccc2[nH]cc(CC(=O)Nc3nnc(CCCCc4nnc(NC(=O)Cc5c[nH]c6ccc(OC)cc56)s4)s3)c2c1. The summed E-state index contributed by atoms with van der Waals surface area (Å²) in [4.78, 5) is 31.7. The van der Waals surface area contributed by atoms with Gasteiger partial charge in [-0.15, -0.1) is 20.4 Å². The van der Waals surface area contributed by atoms with Gasteiger partial charge in [-0.3, -0.25) is 9.59 Å². The van der Waals surface area contributed by atoms with Crippen molar-refractivity contribution in [2.24, 2.45) is 0 Å². The van der Waals surface area contributed by atoms with E-state index in [1.54, 1.807) is 14.2 Å². The van der Waals surface area contributed by atoms with Gasteiger partial charge in [0, 0.05) is 47.0 Å². The Morgan fingerprint density at radius 3 is 1.59 bits per heavy atom. The molecule has 6 aromatic rings. The zero-order valence-corrected chi connectivity index (χ0v) is 25.7. The maximum Gasteiger partial charge on any atom is 0.230 e. The Morgan fingerprint density at radius 1 is 0.705 bits per heavy atom. The van der Waals surface area contributed by atoms with E-state index in [1.807, 2.05) is 48.8 Å². The molecule has 2 amide bonds. The van der Waals surface area contributed by atoms with Crippen LogP contribution in [-0.2, 0) is 35.3 Å². The van der Waals surface area contributed by atoms with Crippen molar-refractivity contribution in [2.45, 2.75) is 38.5 Å². The molecule has 4 N–H and O–H groups in total. The van der Waals surface area contributed by atoms with Gasteiger partial charge in [0.25, 0.3) is 0 Å². The average molecular weight is 631 g/mol. The summed E-state index contributed by atoms with van der Waals surface area (Å²) in [5.74, 6) is 1.17. The normalized spacial score (nSPS) is 11.2. The van der Waals surface area contributed by atoms with Crippen molar-refractivity contribution in [1.29, 1.82) is 0 Å². The molecule has 14 heteroatoms. The van der Waals surface area contributed by atoms with Gasteiger partial charge in [0.15, 0.2) is 0 Å². The van der Waals surface area contributed by atoms with E-state index in [1.165, 1.54) is 22.7 Å². The van der Waals surface area contributed by atoms with E-state index < -0.39 is 0 Å². The number of aromatic nitrogens is 6. The number of nitrogens with one attached hydrogen (secondary N) is 4. The Morgan fingerprint density at radius 2 is 1.16 bits per heavy atom. The number of ether oxygens (including phenoxy) is 2. The van der Waals surface area contributed by atoms with E-state index in [2.05, 4.69) is 41.0 Å². The number of fused-ring (bicyclic) bond motifs is 2. The van der Waals surface area contributed by atoms with Gasteiger partial charge in [0.2, 0.25) is 22.1 Å². The van der Waals surface area contributed by atoms with E-state index >= 15 is 0 Å². The molecule has 226 valence electrons. The molecule has 2 aromatic carbocycles. The van der Waals surface area contributed by atoms with Crippen molar-refractivity contribution in [2.75, 3.05) is 24.9 Å². The Balaban J connectivity index is 0.931. The molecule has 0 aliphatic heterocycles. The molecule has 0 aliphatic carbocycles. The lowest BCUT2D eigenvalue weighted by Gasteiger charge is -2.02. The van der Waals surface area contributed by atoms with Crippen molar-refractivity contribution < 1.29 is 19.1 Å². The highest BCUT2D eigenvalue weighted by Crippen LogP contribution is 2.26. The first kappa shape index (κ1) is 29.3. The first-order valence-electron chi connectivity index (χ1n) is 14.0. The summed E-state index contributed by atoms with van der Waals surface area (Å²) < 4.78 is 10.6. The largest absolute Gasteiger partial charge is 0.497 e. The zero-order chi connectivity index (χ0) is 30.5. The number of unbranched alkanes of at least 4 members (excludes halogenated alkanes) is 1. The third-order valence-electron chi connectivity index (χ3n) is 7.11. The smallest absolute Gasteiger partial charge is 0.230 e. The number of hydrogen-bond acceptors (Lipinski definition) is 10. The number of hydrogen-bond donors (Lipinski definition) is 4. The topological polar surface area (TPSA) is 160 Å². The molecule has 0 unspecified atom stereocenters. The lowest BCUT2D eigenvalue weighted by molar-refractivity contribution is -0.116. The maximum atomic E-state index is 12.7. The van der Waals surface area contributed by atoms with Crippen LogP contribution in [0.3, 0.4) is 0 Å². The molecule has 0 saturated carbocycles. The Labute approximate surface area is 260 Å². The minimum Gasteiger partial charge on any atom is -0.497 e. The van der Waals surface area contributed by atoms with Gasteiger partial charge in [-0.05, 0) is 60.4 Å². The average Bonchev–Trinajstić information content (AvgIpc) is 3.83. The zero-order valence-electron chi connectivity index (χ0n) is 24.1. The lowest BCUT2D eigenvalue weighted by atomic mass is 10.1. The summed E-state index contributed by atoms with van der Waals surface area (Å²) in [7, 11) is 3.24. The first-order chi connectivity index (χ1) is 21.5. The van der Waals surface area contributed by atoms with Crippen LogP contribution < -0.4 is 20.1 Å². The van der Waals surface area contributed by atoms with E-state index in [9.17, 15) is 9.59 Å². The minimum atomic E-state index is -0.155. The van der Waals surface area contributed by atoms with Crippen molar-refractivity contribution in [3.05, 3.63) is 69.9 Å². The number of anilines is 2. The number of nitrogens with zero attached hydrogens (tertiary/aromatic N) is 4. The van der Waals surface area contributed by atoms with Gasteiger partial charge in [-0.1, -0.05) is 22.7 Å². The highest BCUT2D eigenvalue weighted by molar-refractivity contribution is 7.15. The van der Waals surface area contributed by atoms with Crippen LogP contribution in [-0.4, -0.2) is 56.4 Å². The number of carbonyl (C=O) groups is 2. The molecule has 0 aliphatic rings. The predicted octanol–water partition coefficient (Wildman–Crippen LogP) is 5.30. The molecule has 44 heavy (non-hydrogen) atoms. The van der Waals surface area contributed by atoms with Gasteiger partial charge in [0.05, 0.1) is 27.1 Å². The number of rotatable bonds is 13. The predicted molar refractivity (Wildman–Crippen MR) is 171 cm³/mol. The van der Waals surface area contributed by atoms with Crippen molar-refractivity contribution in [3.8, 4) is 11.5 Å². The van der Waals surface area contributed by atoms with Crippen LogP contribution in [0.15, 0.2) is 48.8 Å². The third-order valence-corrected chi connectivity index (χ3v) is 8.91. The number of methoxy groups -OCH3 is 2. The molecule has 0 saturated heterocycles. The van der Waals surface area contributed by atoms with Gasteiger partial charge in [-0.2, -0.15) is 0 Å². The number of amides is 2. The number of aromatic amines is 2. The highest BCUT2D eigenvalue weighted by atomic mass is 32.1. The molecule has 0 radical (unpaired) electrons. The molecular formula is C30H30N8O4S2. The highest BCUT2D eigenvalue weighted by Gasteiger charge is 2.14. The third kappa shape index (κ3) is 6.87. The monoisotopic (exact) mass is 630 g/mol. The van der Waals surface area contributed by atoms with Crippen LogP contribution in [0.5, 0.6) is 11.5 Å². The molecule has 0 atom stereocenters. The fraction of sp³-hybridized carbons (Fsp3) is 0.267. The molecular weight excluding hydrogens is 601 g/mol. The lowest BCUT2D eigenvalue weighted by Crippen LogP contribution is -2.14. The van der Waals surface area contributed by atoms with E-state index in [0.29, 0.717) is 10.3 Å². The standard InChI is InChI=1S/C30H30N8O4S2/c1-41-19-7-9-23-21(13-19)17(15-31-23)11-25(39)33-29-37-35-27(43-29)5-3-4-6-28-36-38-30(44-28)34-26(40)12-18-16-32-24-10-8-20(42-2)14-22(18)24/h7-10,13-16,31-32H,3-6,11-12H2,1-2H3,(H,33,37,39)(H,34,38,40). The van der Waals surface area contributed by atoms with E-state index in [4.69, 9.17) is 9.47 Å². The quantitative estimate of drug-likeness (QED) is 0.125. The van der Waals surface area contributed by atoms with Crippen LogP contribution in [0.1, 0.15) is 34.0 Å². The fourth-order valence-electron chi connectivity index (χ4n) is 4.90. The molecule has 6 rings (SSSR count). The Bertz CT molecular complexity index is 1790. The number of H-pyrrole nitrogens is 2. The van der Waals surface area contributed by atoms with Crippen LogP contribution in [0.2, 0.25) is 0 Å². The van der Waals surface area contributed by atoms with E-state index in [0.717, 1.165) is 80.1 Å². The molecule has 0 bridgehead atoms. The van der Waals surface area contributed by atoms with Crippen molar-refractivity contribution >= 4 is 66.6 Å². The number of carbonyl (C=O) groups excluding carboxylic acids is 2. The van der Waals surface area contributed by atoms with Gasteiger partial charge >= 0.3 is 0 Å². The summed E-state index contributed by atoms with van der Waals surface area (Å²) in [5.41, 5.74) is 3.67. The van der Waals surface area contributed by atoms with Crippen molar-refractivity contribution in [3.63, 3.8) is 0 Å². The second-order valence-electron chi connectivity index (χ2n) is 10.1. The van der Waals surface area contributed by atoms with Crippen LogP contribution in [0, 0.1) is 0 Å². The van der Waals surface area contributed by atoms with Crippen LogP contribution in [0.4, 0.5) is 10.3 Å². The fourth-order valence-corrected chi connectivity index (χ4v) is 6.49. The molecule has 4 heterocycles. The first-order valence-corrected chi connectivity index (χ1v) is 15.6.